The van der Waals surface area contributed by atoms with Crippen molar-refractivity contribution in [1.29, 1.82) is 0 Å². The number of phenols is 1. The molecule has 0 fully saturated rings. The van der Waals surface area contributed by atoms with E-state index in [0.717, 1.165) is 9.86 Å². The molecule has 1 aromatic heterocycles. The summed E-state index contributed by atoms with van der Waals surface area (Å²) in [5.74, 6) is 0.729. The van der Waals surface area contributed by atoms with Gasteiger partial charge in [-0.15, -0.1) is 0 Å². The number of aromatic hydroxyl groups is 1. The van der Waals surface area contributed by atoms with Crippen LogP contribution in [-0.4, -0.2) is 10.9 Å². The summed E-state index contributed by atoms with van der Waals surface area (Å²) >= 11 is 3.43. The quantitative estimate of drug-likeness (QED) is 0.701. The van der Waals surface area contributed by atoms with Gasteiger partial charge in [0.2, 0.25) is 0 Å². The molecule has 21 heavy (non-hydrogen) atoms. The highest BCUT2D eigenvalue weighted by molar-refractivity contribution is 9.10. The molecular formula is C17H13BrO3. The van der Waals surface area contributed by atoms with Gasteiger partial charge in [0.05, 0.1) is 5.56 Å². The molecule has 0 saturated carbocycles. The zero-order valence-electron chi connectivity index (χ0n) is 11.4. The van der Waals surface area contributed by atoms with Crippen molar-refractivity contribution in [3.05, 3.63) is 63.8 Å². The van der Waals surface area contributed by atoms with Crippen molar-refractivity contribution in [2.75, 3.05) is 0 Å². The summed E-state index contributed by atoms with van der Waals surface area (Å²) in [6.45, 7) is 1.96. The fraction of sp³-hybridized carbons (Fsp3) is 0.118. The predicted molar refractivity (Wildman–Crippen MR) is 84.8 cm³/mol. The highest BCUT2D eigenvalue weighted by Gasteiger charge is 2.21. The lowest BCUT2D eigenvalue weighted by Crippen LogP contribution is -2.03. The first kappa shape index (κ1) is 13.9. The minimum atomic E-state index is -0.0938. The van der Waals surface area contributed by atoms with Gasteiger partial charge in [0.1, 0.15) is 17.1 Å². The van der Waals surface area contributed by atoms with Crippen molar-refractivity contribution >= 4 is 32.7 Å². The molecule has 3 aromatic rings. The average molecular weight is 345 g/mol. The molecule has 0 bridgehead atoms. The van der Waals surface area contributed by atoms with Crippen molar-refractivity contribution < 1.29 is 14.3 Å². The Labute approximate surface area is 130 Å². The van der Waals surface area contributed by atoms with Crippen molar-refractivity contribution in [2.45, 2.75) is 13.3 Å². The van der Waals surface area contributed by atoms with Gasteiger partial charge in [0.25, 0.3) is 0 Å². The number of benzene rings is 2. The van der Waals surface area contributed by atoms with E-state index in [-0.39, 0.29) is 11.5 Å². The van der Waals surface area contributed by atoms with Gasteiger partial charge in [-0.2, -0.15) is 0 Å². The van der Waals surface area contributed by atoms with E-state index < -0.39 is 0 Å². The van der Waals surface area contributed by atoms with Crippen LogP contribution in [0.2, 0.25) is 0 Å². The Kier molecular flexibility index (Phi) is 3.55. The third-order valence-electron chi connectivity index (χ3n) is 3.40. The maximum absolute atomic E-state index is 12.8. The number of halogens is 1. The topological polar surface area (TPSA) is 50.4 Å². The van der Waals surface area contributed by atoms with E-state index in [1.165, 1.54) is 12.1 Å². The van der Waals surface area contributed by atoms with Crippen LogP contribution in [0.3, 0.4) is 0 Å². The molecule has 1 N–H and O–H groups in total. The number of furan rings is 1. The molecule has 0 unspecified atom stereocenters. The number of carbonyl (C=O) groups excluding carboxylic acids is 1. The van der Waals surface area contributed by atoms with E-state index in [9.17, 15) is 9.90 Å². The second-order valence-electron chi connectivity index (χ2n) is 4.77. The maximum Gasteiger partial charge on any atom is 0.197 e. The van der Waals surface area contributed by atoms with E-state index in [4.69, 9.17) is 4.42 Å². The summed E-state index contributed by atoms with van der Waals surface area (Å²) in [6, 6.07) is 11.9. The van der Waals surface area contributed by atoms with Gasteiger partial charge in [-0.3, -0.25) is 4.79 Å². The number of ketones is 1. The number of aryl methyl sites for hydroxylation is 1. The molecule has 2 aromatic carbocycles. The third-order valence-corrected chi connectivity index (χ3v) is 3.89. The molecule has 3 nitrogen and oxygen atoms in total. The molecule has 1 heterocycles. The zero-order chi connectivity index (χ0) is 15.0. The first-order valence-corrected chi connectivity index (χ1v) is 7.44. The highest BCUT2D eigenvalue weighted by atomic mass is 79.9. The summed E-state index contributed by atoms with van der Waals surface area (Å²) < 4.78 is 6.68. The number of fused-ring (bicyclic) bond motifs is 1. The van der Waals surface area contributed by atoms with Gasteiger partial charge < -0.3 is 9.52 Å². The van der Waals surface area contributed by atoms with Gasteiger partial charge in [-0.05, 0) is 42.5 Å². The fourth-order valence-corrected chi connectivity index (χ4v) is 2.74. The van der Waals surface area contributed by atoms with Crippen LogP contribution >= 0.6 is 15.9 Å². The monoisotopic (exact) mass is 344 g/mol. The van der Waals surface area contributed by atoms with Crippen molar-refractivity contribution in [2.24, 2.45) is 0 Å². The minimum absolute atomic E-state index is 0.0938. The van der Waals surface area contributed by atoms with E-state index in [1.807, 2.05) is 25.1 Å². The number of carbonyl (C=O) groups is 1. The van der Waals surface area contributed by atoms with Crippen molar-refractivity contribution in [1.82, 2.24) is 0 Å². The van der Waals surface area contributed by atoms with Crippen molar-refractivity contribution in [3.8, 4) is 5.75 Å². The molecule has 3 rings (SSSR count). The Hall–Kier alpha value is -2.07. The van der Waals surface area contributed by atoms with Crippen LogP contribution in [0.1, 0.15) is 28.6 Å². The number of hydrogen-bond acceptors (Lipinski definition) is 3. The third kappa shape index (κ3) is 2.47. The molecular weight excluding hydrogens is 332 g/mol. The normalized spacial score (nSPS) is 11.0. The Balaban J connectivity index is 2.20. The number of phenolic OH excluding ortho intramolecular Hbond substituents is 1. The number of hydrogen-bond donors (Lipinski definition) is 1. The molecule has 106 valence electrons. The molecule has 0 radical (unpaired) electrons. The second kappa shape index (κ2) is 5.37. The lowest BCUT2D eigenvalue weighted by Gasteiger charge is -2.02. The molecule has 0 aliphatic rings. The number of rotatable bonds is 3. The molecule has 0 spiro atoms. The van der Waals surface area contributed by atoms with Gasteiger partial charge in [0, 0.05) is 21.8 Å². The lowest BCUT2D eigenvalue weighted by molar-refractivity contribution is 0.103. The summed E-state index contributed by atoms with van der Waals surface area (Å²) in [7, 11) is 0. The van der Waals surface area contributed by atoms with Crippen molar-refractivity contribution in [3.63, 3.8) is 0 Å². The van der Waals surface area contributed by atoms with Crippen LogP contribution < -0.4 is 0 Å². The van der Waals surface area contributed by atoms with Gasteiger partial charge >= 0.3 is 0 Å². The standard InChI is InChI=1S/C17H13BrO3/c1-2-14-16(13-9-11(18)5-8-15(13)21-14)17(20)10-3-6-12(19)7-4-10/h3-9,19H,2H2,1H3. The first-order chi connectivity index (χ1) is 10.1. The van der Waals surface area contributed by atoms with Gasteiger partial charge in [-0.1, -0.05) is 22.9 Å². The Morgan fingerprint density at radius 3 is 2.57 bits per heavy atom. The zero-order valence-corrected chi connectivity index (χ0v) is 13.0. The fourth-order valence-electron chi connectivity index (χ4n) is 2.38. The van der Waals surface area contributed by atoms with Crippen LogP contribution in [-0.2, 0) is 6.42 Å². The molecule has 0 saturated heterocycles. The first-order valence-electron chi connectivity index (χ1n) is 6.65. The molecule has 0 amide bonds. The van der Waals surface area contributed by atoms with Crippen LogP contribution in [0.25, 0.3) is 11.0 Å². The Morgan fingerprint density at radius 1 is 1.19 bits per heavy atom. The van der Waals surface area contributed by atoms with Crippen LogP contribution in [0.5, 0.6) is 5.75 Å². The largest absolute Gasteiger partial charge is 0.508 e. The van der Waals surface area contributed by atoms with Crippen LogP contribution in [0.15, 0.2) is 51.4 Å². The van der Waals surface area contributed by atoms with E-state index >= 15 is 0 Å². The van der Waals surface area contributed by atoms with Crippen LogP contribution in [0, 0.1) is 0 Å². The molecule has 0 aliphatic heterocycles. The molecule has 4 heteroatoms. The Morgan fingerprint density at radius 2 is 1.90 bits per heavy atom. The van der Waals surface area contributed by atoms with E-state index in [2.05, 4.69) is 15.9 Å². The summed E-state index contributed by atoms with van der Waals surface area (Å²) in [6.07, 6.45) is 0.644. The lowest BCUT2D eigenvalue weighted by atomic mass is 9.99. The SMILES string of the molecule is CCc1oc2ccc(Br)cc2c1C(=O)c1ccc(O)cc1. The van der Waals surface area contributed by atoms with Crippen LogP contribution in [0.4, 0.5) is 0 Å². The van der Waals surface area contributed by atoms with Gasteiger partial charge in [-0.25, -0.2) is 0 Å². The van der Waals surface area contributed by atoms with Gasteiger partial charge in [0.15, 0.2) is 5.78 Å². The molecule has 0 atom stereocenters. The Bertz CT molecular complexity index is 816. The summed E-state index contributed by atoms with van der Waals surface area (Å²) in [4.78, 5) is 12.8. The minimum Gasteiger partial charge on any atom is -0.508 e. The predicted octanol–water partition coefficient (Wildman–Crippen LogP) is 4.69. The second-order valence-corrected chi connectivity index (χ2v) is 5.69. The average Bonchev–Trinajstić information content (AvgIpc) is 2.85. The smallest absolute Gasteiger partial charge is 0.197 e. The maximum atomic E-state index is 12.8. The summed E-state index contributed by atoms with van der Waals surface area (Å²) in [5, 5.41) is 10.1. The highest BCUT2D eigenvalue weighted by Crippen LogP contribution is 2.31. The van der Waals surface area contributed by atoms with E-state index in [1.54, 1.807) is 12.1 Å². The van der Waals surface area contributed by atoms with E-state index in [0.29, 0.717) is 28.9 Å². The summed E-state index contributed by atoms with van der Waals surface area (Å²) in [5.41, 5.74) is 1.84. The molecule has 0 aliphatic carbocycles.